The highest BCUT2D eigenvalue weighted by Gasteiger charge is 2.59. The van der Waals surface area contributed by atoms with Crippen LogP contribution in [0.4, 0.5) is 0 Å². The summed E-state index contributed by atoms with van der Waals surface area (Å²) in [7, 11) is 0. The lowest BCUT2D eigenvalue weighted by Gasteiger charge is -2.03. The molecule has 0 aromatic rings. The third-order valence-corrected chi connectivity index (χ3v) is 3.67. The van der Waals surface area contributed by atoms with Gasteiger partial charge in [0, 0.05) is 0 Å². The van der Waals surface area contributed by atoms with E-state index in [9.17, 15) is 0 Å². The Balaban J connectivity index is 2.09. The molecule has 3 fully saturated rings. The van der Waals surface area contributed by atoms with Crippen LogP contribution < -0.4 is 0 Å². The maximum Gasteiger partial charge on any atom is -0.0171 e. The van der Waals surface area contributed by atoms with Crippen molar-refractivity contribution in [2.24, 2.45) is 23.7 Å². The molecule has 0 unspecified atom stereocenters. The minimum absolute atomic E-state index is 0.986. The van der Waals surface area contributed by atoms with Crippen LogP contribution in [-0.2, 0) is 0 Å². The third kappa shape index (κ3) is 0.357. The average molecular weight is 120 g/mol. The standard InChI is InChI=1S/C9H12/c1-5-6-2-3-7(5)9-4-8(6)9/h6-9H,1-4H2/t6-,7+,8-,9+. The largest absolute Gasteiger partial charge is 0.0993 e. The highest BCUT2D eigenvalue weighted by Crippen LogP contribution is 2.67. The molecular weight excluding hydrogens is 108 g/mol. The number of hydrogen-bond donors (Lipinski definition) is 0. The molecule has 0 heteroatoms. The van der Waals surface area contributed by atoms with Crippen LogP contribution in [0.3, 0.4) is 0 Å². The van der Waals surface area contributed by atoms with Crippen molar-refractivity contribution in [3.05, 3.63) is 12.2 Å². The lowest BCUT2D eigenvalue weighted by atomic mass is 10.0. The van der Waals surface area contributed by atoms with E-state index in [2.05, 4.69) is 6.58 Å². The summed E-state index contributed by atoms with van der Waals surface area (Å²) in [6.45, 7) is 4.16. The number of hydrogen-bond acceptors (Lipinski definition) is 0. The molecule has 0 aromatic carbocycles. The van der Waals surface area contributed by atoms with E-state index in [4.69, 9.17) is 0 Å². The van der Waals surface area contributed by atoms with Crippen molar-refractivity contribution >= 4 is 0 Å². The van der Waals surface area contributed by atoms with Crippen LogP contribution in [0.5, 0.6) is 0 Å². The van der Waals surface area contributed by atoms with Gasteiger partial charge in [0.2, 0.25) is 0 Å². The lowest BCUT2D eigenvalue weighted by Crippen LogP contribution is -1.95. The summed E-state index contributed by atoms with van der Waals surface area (Å²) in [5.74, 6) is 4.22. The molecule has 3 aliphatic carbocycles. The maximum absolute atomic E-state index is 4.16. The monoisotopic (exact) mass is 120 g/mol. The summed E-state index contributed by atoms with van der Waals surface area (Å²) in [5, 5.41) is 0. The van der Waals surface area contributed by atoms with Gasteiger partial charge in [0.1, 0.15) is 0 Å². The normalized spacial score (nSPS) is 60.2. The van der Waals surface area contributed by atoms with Gasteiger partial charge in [0.15, 0.2) is 0 Å². The molecule has 3 rings (SSSR count). The summed E-state index contributed by atoms with van der Waals surface area (Å²) < 4.78 is 0. The molecule has 0 amide bonds. The van der Waals surface area contributed by atoms with E-state index >= 15 is 0 Å². The Kier molecular flexibility index (Phi) is 0.564. The van der Waals surface area contributed by atoms with Crippen molar-refractivity contribution < 1.29 is 0 Å². The molecule has 4 atom stereocenters. The maximum atomic E-state index is 4.16. The molecule has 48 valence electrons. The molecule has 0 radical (unpaired) electrons. The van der Waals surface area contributed by atoms with Gasteiger partial charge < -0.3 is 0 Å². The first kappa shape index (κ1) is 4.54. The van der Waals surface area contributed by atoms with Crippen molar-refractivity contribution in [2.45, 2.75) is 19.3 Å². The van der Waals surface area contributed by atoms with Crippen LogP contribution >= 0.6 is 0 Å². The summed E-state index contributed by atoms with van der Waals surface area (Å²) in [6, 6.07) is 0. The fourth-order valence-corrected chi connectivity index (χ4v) is 3.14. The third-order valence-electron chi connectivity index (χ3n) is 3.67. The Morgan fingerprint density at radius 2 is 1.67 bits per heavy atom. The topological polar surface area (TPSA) is 0 Å². The minimum atomic E-state index is 0.986. The number of rotatable bonds is 0. The predicted molar refractivity (Wildman–Crippen MR) is 37.0 cm³/mol. The fraction of sp³-hybridized carbons (Fsp3) is 0.778. The average Bonchev–Trinajstić information content (AvgIpc) is 2.53. The lowest BCUT2D eigenvalue weighted by molar-refractivity contribution is 0.456. The summed E-state index contributed by atoms with van der Waals surface area (Å²) in [4.78, 5) is 0. The second-order valence-corrected chi connectivity index (χ2v) is 3.93. The van der Waals surface area contributed by atoms with Gasteiger partial charge in [-0.3, -0.25) is 0 Å². The SMILES string of the molecule is C=C1[C@H]2CC[C@@H]1[C@@H]1C[C@@H]12. The molecule has 0 heterocycles. The Morgan fingerprint density at radius 3 is 2.00 bits per heavy atom. The van der Waals surface area contributed by atoms with Gasteiger partial charge in [-0.05, 0) is 42.9 Å². The summed E-state index contributed by atoms with van der Waals surface area (Å²) in [6.07, 6.45) is 4.50. The van der Waals surface area contributed by atoms with Gasteiger partial charge in [-0.25, -0.2) is 0 Å². The Labute approximate surface area is 56.0 Å². The van der Waals surface area contributed by atoms with Crippen LogP contribution in [0.15, 0.2) is 12.2 Å². The van der Waals surface area contributed by atoms with Crippen molar-refractivity contribution in [3.63, 3.8) is 0 Å². The zero-order valence-corrected chi connectivity index (χ0v) is 5.64. The van der Waals surface area contributed by atoms with E-state index in [1.807, 2.05) is 0 Å². The minimum Gasteiger partial charge on any atom is -0.0993 e. The molecular formula is C9H12. The van der Waals surface area contributed by atoms with Crippen molar-refractivity contribution in [2.75, 3.05) is 0 Å². The van der Waals surface area contributed by atoms with Crippen LogP contribution in [0.2, 0.25) is 0 Å². The number of fused-ring (bicyclic) bond motifs is 5. The van der Waals surface area contributed by atoms with Crippen LogP contribution in [-0.4, -0.2) is 0 Å². The van der Waals surface area contributed by atoms with E-state index in [0.717, 1.165) is 23.7 Å². The predicted octanol–water partition coefficient (Wildman–Crippen LogP) is 2.22. The van der Waals surface area contributed by atoms with E-state index in [-0.39, 0.29) is 0 Å². The Morgan fingerprint density at radius 1 is 1.11 bits per heavy atom. The highest BCUT2D eigenvalue weighted by molar-refractivity contribution is 5.27. The van der Waals surface area contributed by atoms with Gasteiger partial charge >= 0.3 is 0 Å². The molecule has 3 aliphatic rings. The molecule has 0 nitrogen and oxygen atoms in total. The van der Waals surface area contributed by atoms with Crippen molar-refractivity contribution in [1.82, 2.24) is 0 Å². The quantitative estimate of drug-likeness (QED) is 0.430. The van der Waals surface area contributed by atoms with Crippen LogP contribution in [0.25, 0.3) is 0 Å². The van der Waals surface area contributed by atoms with Gasteiger partial charge in [0.25, 0.3) is 0 Å². The van der Waals surface area contributed by atoms with E-state index < -0.39 is 0 Å². The summed E-state index contributed by atoms with van der Waals surface area (Å²) >= 11 is 0. The molecule has 0 saturated heterocycles. The zero-order valence-electron chi connectivity index (χ0n) is 5.64. The second kappa shape index (κ2) is 1.12. The van der Waals surface area contributed by atoms with E-state index in [0.29, 0.717) is 0 Å². The van der Waals surface area contributed by atoms with Gasteiger partial charge in [-0.1, -0.05) is 12.2 Å². The van der Waals surface area contributed by atoms with Crippen molar-refractivity contribution in [3.8, 4) is 0 Å². The van der Waals surface area contributed by atoms with Gasteiger partial charge in [0.05, 0.1) is 0 Å². The van der Waals surface area contributed by atoms with E-state index in [1.54, 1.807) is 12.0 Å². The van der Waals surface area contributed by atoms with Gasteiger partial charge in [-0.2, -0.15) is 0 Å². The first-order valence-corrected chi connectivity index (χ1v) is 4.06. The molecule has 3 saturated carbocycles. The van der Waals surface area contributed by atoms with Gasteiger partial charge in [-0.15, -0.1) is 0 Å². The molecule has 2 bridgehead atoms. The molecule has 0 aromatic heterocycles. The van der Waals surface area contributed by atoms with Crippen LogP contribution in [0, 0.1) is 23.7 Å². The van der Waals surface area contributed by atoms with Crippen LogP contribution in [0.1, 0.15) is 19.3 Å². The van der Waals surface area contributed by atoms with E-state index in [1.165, 1.54) is 12.8 Å². The smallest absolute Gasteiger partial charge is 0.0171 e. The number of allylic oxidation sites excluding steroid dienone is 1. The van der Waals surface area contributed by atoms with Crippen molar-refractivity contribution in [1.29, 1.82) is 0 Å². The second-order valence-electron chi connectivity index (χ2n) is 3.93. The first-order chi connectivity index (χ1) is 4.38. The zero-order chi connectivity index (χ0) is 6.01. The Hall–Kier alpha value is -0.260. The first-order valence-electron chi connectivity index (χ1n) is 4.06. The fourth-order valence-electron chi connectivity index (χ4n) is 3.14. The molecule has 0 spiro atoms. The molecule has 0 N–H and O–H groups in total. The Bertz CT molecular complexity index is 162. The molecule has 0 aliphatic heterocycles. The molecule has 9 heavy (non-hydrogen) atoms. The highest BCUT2D eigenvalue weighted by atomic mass is 14.6. The summed E-state index contributed by atoms with van der Waals surface area (Å²) in [5.41, 5.74) is 1.62.